The molecule has 3 nitrogen and oxygen atoms in total. The third-order valence-corrected chi connectivity index (χ3v) is 2.25. The normalized spacial score (nSPS) is 23.3. The van der Waals surface area contributed by atoms with Gasteiger partial charge in [-0.2, -0.15) is 5.10 Å². The molecule has 0 aliphatic carbocycles. The monoisotopic (exact) mass is 151 g/mol. The summed E-state index contributed by atoms with van der Waals surface area (Å²) in [5.41, 5.74) is 0. The lowest BCUT2D eigenvalue weighted by Gasteiger charge is -2.17. The van der Waals surface area contributed by atoms with Gasteiger partial charge in [0.1, 0.15) is 11.6 Å². The van der Waals surface area contributed by atoms with Crippen molar-refractivity contribution in [1.29, 1.82) is 0 Å². The van der Waals surface area contributed by atoms with Crippen molar-refractivity contribution in [1.82, 2.24) is 14.8 Å². The summed E-state index contributed by atoms with van der Waals surface area (Å²) in [4.78, 5) is 4.38. The van der Waals surface area contributed by atoms with Crippen LogP contribution in [-0.4, -0.2) is 14.8 Å². The summed E-state index contributed by atoms with van der Waals surface area (Å²) < 4.78 is 2.05. The third kappa shape index (κ3) is 1.04. The Morgan fingerprint density at radius 1 is 1.55 bits per heavy atom. The molecule has 1 aromatic rings. The van der Waals surface area contributed by atoms with Crippen molar-refractivity contribution in [3.63, 3.8) is 0 Å². The molecule has 0 bridgehead atoms. The predicted molar refractivity (Wildman–Crippen MR) is 42.4 cm³/mol. The highest BCUT2D eigenvalue weighted by atomic mass is 15.3. The van der Waals surface area contributed by atoms with E-state index in [9.17, 15) is 0 Å². The van der Waals surface area contributed by atoms with Crippen LogP contribution in [0.25, 0.3) is 0 Å². The van der Waals surface area contributed by atoms with Gasteiger partial charge in [0, 0.05) is 12.5 Å². The average Bonchev–Trinajstić information content (AvgIpc) is 2.31. The van der Waals surface area contributed by atoms with Crippen molar-refractivity contribution in [2.75, 3.05) is 0 Å². The molecule has 1 aliphatic rings. The lowest BCUT2D eigenvalue weighted by atomic mass is 10.0. The quantitative estimate of drug-likeness (QED) is 0.562. The first-order valence-corrected chi connectivity index (χ1v) is 4.18. The number of rotatable bonds is 0. The molecule has 60 valence electrons. The van der Waals surface area contributed by atoms with Crippen molar-refractivity contribution in [3.05, 3.63) is 11.6 Å². The first-order chi connectivity index (χ1) is 5.27. The minimum Gasteiger partial charge on any atom is -0.250 e. The molecule has 0 N–H and O–H groups in total. The molecule has 0 aromatic carbocycles. The Kier molecular flexibility index (Phi) is 1.44. The van der Waals surface area contributed by atoms with Crippen molar-refractivity contribution in [2.45, 2.75) is 39.2 Å². The first-order valence-electron chi connectivity index (χ1n) is 4.18. The van der Waals surface area contributed by atoms with Crippen molar-refractivity contribution in [2.24, 2.45) is 0 Å². The molecular formula is C8H13N3. The summed E-state index contributed by atoms with van der Waals surface area (Å²) >= 11 is 0. The van der Waals surface area contributed by atoms with Gasteiger partial charge in [0.05, 0.1) is 0 Å². The largest absolute Gasteiger partial charge is 0.250 e. The molecule has 2 heterocycles. The minimum absolute atomic E-state index is 0.602. The second kappa shape index (κ2) is 2.32. The Hall–Kier alpha value is -0.860. The summed E-state index contributed by atoms with van der Waals surface area (Å²) in [6.45, 7) is 5.23. The Bertz CT molecular complexity index is 264. The van der Waals surface area contributed by atoms with Crippen molar-refractivity contribution in [3.8, 4) is 0 Å². The molecule has 11 heavy (non-hydrogen) atoms. The van der Waals surface area contributed by atoms with Gasteiger partial charge in [-0.3, -0.25) is 0 Å². The standard InChI is InChI=1S/C8H13N3/c1-6-4-3-5-11-8(6)9-7(2)10-11/h6H,3-5H2,1-2H3/t6-/m0/s1. The van der Waals surface area contributed by atoms with E-state index in [1.54, 1.807) is 0 Å². The molecule has 0 radical (unpaired) electrons. The third-order valence-electron chi connectivity index (χ3n) is 2.25. The summed E-state index contributed by atoms with van der Waals surface area (Å²) in [5, 5.41) is 4.31. The lowest BCUT2D eigenvalue weighted by Crippen LogP contribution is -2.14. The van der Waals surface area contributed by atoms with E-state index in [2.05, 4.69) is 17.0 Å². The van der Waals surface area contributed by atoms with Crippen LogP contribution in [0.15, 0.2) is 0 Å². The molecule has 0 saturated carbocycles. The maximum atomic E-state index is 4.38. The molecular weight excluding hydrogens is 138 g/mol. The molecule has 3 heteroatoms. The Morgan fingerprint density at radius 3 is 3.09 bits per heavy atom. The highest BCUT2D eigenvalue weighted by molar-refractivity contribution is 5.00. The topological polar surface area (TPSA) is 30.7 Å². The summed E-state index contributed by atoms with van der Waals surface area (Å²) in [6.07, 6.45) is 2.51. The maximum Gasteiger partial charge on any atom is 0.147 e. The lowest BCUT2D eigenvalue weighted by molar-refractivity contribution is 0.432. The van der Waals surface area contributed by atoms with Gasteiger partial charge in [0.2, 0.25) is 0 Å². The van der Waals surface area contributed by atoms with Crippen LogP contribution in [0.5, 0.6) is 0 Å². The van der Waals surface area contributed by atoms with Crippen LogP contribution in [-0.2, 0) is 6.54 Å². The van der Waals surface area contributed by atoms with Gasteiger partial charge in [0.15, 0.2) is 0 Å². The van der Waals surface area contributed by atoms with Crippen LogP contribution < -0.4 is 0 Å². The fraction of sp³-hybridized carbons (Fsp3) is 0.750. The molecule has 1 aliphatic heterocycles. The van der Waals surface area contributed by atoms with Gasteiger partial charge in [-0.15, -0.1) is 0 Å². The maximum absolute atomic E-state index is 4.38. The van der Waals surface area contributed by atoms with Crippen LogP contribution in [0.2, 0.25) is 0 Å². The molecule has 0 spiro atoms. The average molecular weight is 151 g/mol. The van der Waals surface area contributed by atoms with Gasteiger partial charge >= 0.3 is 0 Å². The second-order valence-electron chi connectivity index (χ2n) is 3.28. The van der Waals surface area contributed by atoms with Crippen molar-refractivity contribution < 1.29 is 0 Å². The van der Waals surface area contributed by atoms with Crippen LogP contribution in [0.1, 0.15) is 37.3 Å². The van der Waals surface area contributed by atoms with E-state index in [1.165, 1.54) is 18.7 Å². The van der Waals surface area contributed by atoms with E-state index >= 15 is 0 Å². The SMILES string of the molecule is Cc1nc2n(n1)CCC[C@@H]2C. The molecule has 0 saturated heterocycles. The van der Waals surface area contributed by atoms with Gasteiger partial charge in [-0.05, 0) is 19.8 Å². The summed E-state index contributed by atoms with van der Waals surface area (Å²) in [5.74, 6) is 2.69. The highest BCUT2D eigenvalue weighted by Gasteiger charge is 2.18. The van der Waals surface area contributed by atoms with E-state index in [-0.39, 0.29) is 0 Å². The molecule has 2 rings (SSSR count). The van der Waals surface area contributed by atoms with Crippen LogP contribution >= 0.6 is 0 Å². The Morgan fingerprint density at radius 2 is 2.36 bits per heavy atom. The number of aromatic nitrogens is 3. The number of nitrogens with zero attached hydrogens (tertiary/aromatic N) is 3. The van der Waals surface area contributed by atoms with E-state index in [4.69, 9.17) is 0 Å². The zero-order valence-electron chi connectivity index (χ0n) is 7.04. The predicted octanol–water partition coefficient (Wildman–Crippen LogP) is 1.48. The molecule has 0 unspecified atom stereocenters. The van der Waals surface area contributed by atoms with E-state index < -0.39 is 0 Å². The van der Waals surface area contributed by atoms with Gasteiger partial charge in [0.25, 0.3) is 0 Å². The van der Waals surface area contributed by atoms with Crippen LogP contribution in [0.3, 0.4) is 0 Å². The highest BCUT2D eigenvalue weighted by Crippen LogP contribution is 2.23. The van der Waals surface area contributed by atoms with Crippen molar-refractivity contribution >= 4 is 0 Å². The number of aryl methyl sites for hydroxylation is 2. The number of fused-ring (bicyclic) bond motifs is 1. The smallest absolute Gasteiger partial charge is 0.147 e. The molecule has 1 aromatic heterocycles. The minimum atomic E-state index is 0.602. The van der Waals surface area contributed by atoms with Crippen LogP contribution in [0.4, 0.5) is 0 Å². The second-order valence-corrected chi connectivity index (χ2v) is 3.28. The van der Waals surface area contributed by atoms with Gasteiger partial charge < -0.3 is 0 Å². The Labute approximate surface area is 66.4 Å². The van der Waals surface area contributed by atoms with Crippen LogP contribution in [0, 0.1) is 6.92 Å². The molecule has 0 amide bonds. The van der Waals surface area contributed by atoms with E-state index in [0.717, 1.165) is 12.4 Å². The van der Waals surface area contributed by atoms with Gasteiger partial charge in [-0.25, -0.2) is 9.67 Å². The number of hydrogen-bond acceptors (Lipinski definition) is 2. The van der Waals surface area contributed by atoms with E-state index in [1.807, 2.05) is 11.6 Å². The van der Waals surface area contributed by atoms with Gasteiger partial charge in [-0.1, -0.05) is 6.92 Å². The fourth-order valence-electron chi connectivity index (χ4n) is 1.68. The molecule has 0 fully saturated rings. The molecule has 1 atom stereocenters. The van der Waals surface area contributed by atoms with E-state index in [0.29, 0.717) is 5.92 Å². The number of hydrogen-bond donors (Lipinski definition) is 0. The summed E-state index contributed by atoms with van der Waals surface area (Å²) in [6, 6.07) is 0. The Balaban J connectivity index is 2.43. The zero-order valence-corrected chi connectivity index (χ0v) is 7.04. The zero-order chi connectivity index (χ0) is 7.84. The fourth-order valence-corrected chi connectivity index (χ4v) is 1.68. The summed E-state index contributed by atoms with van der Waals surface area (Å²) in [7, 11) is 0. The first kappa shape index (κ1) is 6.83.